The number of imidazole rings is 1. The molecule has 0 bridgehead atoms. The summed E-state index contributed by atoms with van der Waals surface area (Å²) in [6, 6.07) is 13.2. The number of carbonyl (C=O) groups excluding carboxylic acids is 1. The van der Waals surface area contributed by atoms with Crippen LogP contribution < -0.4 is 14.4 Å². The van der Waals surface area contributed by atoms with Crippen molar-refractivity contribution < 1.29 is 17.9 Å². The number of anilines is 1. The first-order valence-corrected chi connectivity index (χ1v) is 11.7. The van der Waals surface area contributed by atoms with Gasteiger partial charge in [0.1, 0.15) is 5.75 Å². The Morgan fingerprint density at radius 3 is 2.77 bits per heavy atom. The zero-order chi connectivity index (χ0) is 22.0. The van der Waals surface area contributed by atoms with Crippen LogP contribution in [0.1, 0.15) is 16.7 Å². The molecule has 31 heavy (non-hydrogen) atoms. The van der Waals surface area contributed by atoms with Gasteiger partial charge in [-0.05, 0) is 35.7 Å². The number of hydrogen-bond donors (Lipinski definition) is 1. The highest BCUT2D eigenvalue weighted by molar-refractivity contribution is 7.92. The summed E-state index contributed by atoms with van der Waals surface area (Å²) in [6.07, 6.45) is 5.57. The molecule has 0 spiro atoms. The number of aromatic nitrogens is 2. The highest BCUT2D eigenvalue weighted by Gasteiger charge is 2.34. The zero-order valence-electron chi connectivity index (χ0n) is 17.4. The molecule has 3 aromatic rings. The van der Waals surface area contributed by atoms with Crippen LogP contribution in [0.2, 0.25) is 0 Å². The summed E-state index contributed by atoms with van der Waals surface area (Å²) < 4.78 is 33.6. The molecule has 1 unspecified atom stereocenters. The number of aryl methyl sites for hydroxylation is 1. The van der Waals surface area contributed by atoms with E-state index in [0.29, 0.717) is 24.5 Å². The van der Waals surface area contributed by atoms with Crippen LogP contribution in [0.15, 0.2) is 61.2 Å². The van der Waals surface area contributed by atoms with Crippen molar-refractivity contribution in [1.82, 2.24) is 14.9 Å². The maximum Gasteiger partial charge on any atom is 0.263 e. The topological polar surface area (TPSA) is 93.5 Å². The summed E-state index contributed by atoms with van der Waals surface area (Å²) in [5, 5.41) is 2.86. The molecular formula is C22H24N4O4S. The lowest BCUT2D eigenvalue weighted by Gasteiger charge is -2.34. The van der Waals surface area contributed by atoms with Crippen molar-refractivity contribution in [2.75, 3.05) is 17.1 Å². The van der Waals surface area contributed by atoms with E-state index in [0.717, 1.165) is 22.9 Å². The monoisotopic (exact) mass is 440 g/mol. The predicted molar refractivity (Wildman–Crippen MR) is 117 cm³/mol. The molecule has 1 amide bonds. The van der Waals surface area contributed by atoms with E-state index in [9.17, 15) is 13.2 Å². The van der Waals surface area contributed by atoms with Crippen LogP contribution in [0.5, 0.6) is 5.75 Å². The van der Waals surface area contributed by atoms with Crippen molar-refractivity contribution in [1.29, 1.82) is 0 Å². The molecule has 0 aliphatic carbocycles. The third-order valence-electron chi connectivity index (χ3n) is 5.06. The van der Waals surface area contributed by atoms with Crippen molar-refractivity contribution in [2.24, 2.45) is 0 Å². The smallest absolute Gasteiger partial charge is 0.263 e. The number of benzene rings is 2. The molecule has 2 heterocycles. The van der Waals surface area contributed by atoms with E-state index < -0.39 is 16.1 Å². The highest BCUT2D eigenvalue weighted by atomic mass is 32.2. The van der Waals surface area contributed by atoms with Gasteiger partial charge in [-0.25, -0.2) is 13.4 Å². The summed E-state index contributed by atoms with van der Waals surface area (Å²) in [4.78, 5) is 16.8. The van der Waals surface area contributed by atoms with Crippen LogP contribution in [-0.4, -0.2) is 42.8 Å². The van der Waals surface area contributed by atoms with E-state index >= 15 is 0 Å². The number of hydrogen-bond acceptors (Lipinski definition) is 5. The van der Waals surface area contributed by atoms with Crippen LogP contribution in [0, 0.1) is 6.92 Å². The predicted octanol–water partition coefficient (Wildman–Crippen LogP) is 2.08. The first-order valence-electron chi connectivity index (χ1n) is 9.86. The van der Waals surface area contributed by atoms with Crippen LogP contribution in [-0.2, 0) is 27.9 Å². The van der Waals surface area contributed by atoms with Crippen LogP contribution >= 0.6 is 0 Å². The molecule has 1 aliphatic rings. The van der Waals surface area contributed by atoms with E-state index in [1.54, 1.807) is 24.7 Å². The largest absolute Gasteiger partial charge is 0.476 e. The van der Waals surface area contributed by atoms with E-state index in [2.05, 4.69) is 10.3 Å². The van der Waals surface area contributed by atoms with Gasteiger partial charge in [-0.1, -0.05) is 30.3 Å². The number of amides is 1. The van der Waals surface area contributed by atoms with Gasteiger partial charge >= 0.3 is 0 Å². The average Bonchev–Trinajstić information content (AvgIpc) is 3.23. The highest BCUT2D eigenvalue weighted by Crippen LogP contribution is 2.35. The molecule has 162 valence electrons. The number of ether oxygens (including phenoxy) is 1. The van der Waals surface area contributed by atoms with E-state index in [4.69, 9.17) is 4.74 Å². The van der Waals surface area contributed by atoms with E-state index in [1.807, 2.05) is 48.0 Å². The SMILES string of the molecule is Cc1ccc2c(c1)N(S(C)(=O)=O)CC(C(=O)NCc1cccc(Cn3ccnc3)c1)O2. The third kappa shape index (κ3) is 4.88. The van der Waals surface area contributed by atoms with Gasteiger partial charge in [0.15, 0.2) is 6.10 Å². The van der Waals surface area contributed by atoms with Crippen LogP contribution in [0.25, 0.3) is 0 Å². The van der Waals surface area contributed by atoms with Gasteiger partial charge in [0, 0.05) is 25.5 Å². The Morgan fingerprint density at radius 1 is 1.23 bits per heavy atom. The molecule has 1 aliphatic heterocycles. The number of sulfonamides is 1. The summed E-state index contributed by atoms with van der Waals surface area (Å²) in [5.41, 5.74) is 3.40. The Bertz CT molecular complexity index is 1190. The number of carbonyl (C=O) groups is 1. The van der Waals surface area contributed by atoms with Gasteiger partial charge in [-0.2, -0.15) is 0 Å². The Kier molecular flexibility index (Phi) is 5.69. The van der Waals surface area contributed by atoms with Crippen molar-refractivity contribution >= 4 is 21.6 Å². The summed E-state index contributed by atoms with van der Waals surface area (Å²) in [5.74, 6) is 0.0182. The van der Waals surface area contributed by atoms with E-state index in [1.165, 1.54) is 4.31 Å². The number of nitrogens with one attached hydrogen (secondary N) is 1. The lowest BCUT2D eigenvalue weighted by molar-refractivity contribution is -0.127. The third-order valence-corrected chi connectivity index (χ3v) is 6.21. The second-order valence-electron chi connectivity index (χ2n) is 7.64. The lowest BCUT2D eigenvalue weighted by Crippen LogP contribution is -2.50. The number of rotatable bonds is 6. The van der Waals surface area contributed by atoms with Gasteiger partial charge in [-0.15, -0.1) is 0 Å². The fraction of sp³-hybridized carbons (Fsp3) is 0.273. The fourth-order valence-electron chi connectivity index (χ4n) is 3.54. The van der Waals surface area contributed by atoms with Crippen LogP contribution in [0.3, 0.4) is 0 Å². The molecule has 9 heteroatoms. The van der Waals surface area contributed by atoms with Gasteiger partial charge < -0.3 is 14.6 Å². The molecule has 2 aromatic carbocycles. The second kappa shape index (κ2) is 8.43. The fourth-order valence-corrected chi connectivity index (χ4v) is 4.45. The molecule has 1 aromatic heterocycles. The van der Waals surface area contributed by atoms with Gasteiger partial charge in [-0.3, -0.25) is 9.10 Å². The van der Waals surface area contributed by atoms with Gasteiger partial charge in [0.25, 0.3) is 5.91 Å². The Labute approximate surface area is 181 Å². The Balaban J connectivity index is 1.45. The number of nitrogens with zero attached hydrogens (tertiary/aromatic N) is 3. The standard InChI is InChI=1S/C22H24N4O4S/c1-16-6-7-20-19(10-16)26(31(2,28)29)14-21(30-20)22(27)24-12-17-4-3-5-18(11-17)13-25-9-8-23-15-25/h3-11,15,21H,12-14H2,1-2H3,(H,24,27). The molecule has 0 fully saturated rings. The first kappa shape index (κ1) is 20.9. The molecule has 0 saturated heterocycles. The average molecular weight is 441 g/mol. The molecule has 4 rings (SSSR count). The molecular weight excluding hydrogens is 416 g/mol. The molecule has 1 N–H and O–H groups in total. The number of fused-ring (bicyclic) bond motifs is 1. The quantitative estimate of drug-likeness (QED) is 0.634. The first-order chi connectivity index (χ1) is 14.8. The maximum atomic E-state index is 12.8. The summed E-state index contributed by atoms with van der Waals surface area (Å²) >= 11 is 0. The van der Waals surface area contributed by atoms with Crippen molar-refractivity contribution in [2.45, 2.75) is 26.1 Å². The summed E-state index contributed by atoms with van der Waals surface area (Å²) in [6.45, 7) is 2.81. The normalized spacial score (nSPS) is 15.8. The van der Waals surface area contributed by atoms with Crippen molar-refractivity contribution in [3.05, 3.63) is 77.9 Å². The Morgan fingerprint density at radius 2 is 2.03 bits per heavy atom. The zero-order valence-corrected chi connectivity index (χ0v) is 18.2. The van der Waals surface area contributed by atoms with Gasteiger partial charge in [0.2, 0.25) is 10.0 Å². The van der Waals surface area contributed by atoms with E-state index in [-0.39, 0.29) is 12.5 Å². The van der Waals surface area contributed by atoms with Crippen molar-refractivity contribution in [3.8, 4) is 5.75 Å². The minimum absolute atomic E-state index is 0.0677. The summed E-state index contributed by atoms with van der Waals surface area (Å²) in [7, 11) is -3.55. The molecule has 0 radical (unpaired) electrons. The Hall–Kier alpha value is -3.33. The minimum Gasteiger partial charge on any atom is -0.476 e. The molecule has 1 atom stereocenters. The van der Waals surface area contributed by atoms with Gasteiger partial charge in [0.05, 0.1) is 24.8 Å². The molecule has 0 saturated carbocycles. The minimum atomic E-state index is -3.55. The second-order valence-corrected chi connectivity index (χ2v) is 9.55. The van der Waals surface area contributed by atoms with Crippen molar-refractivity contribution in [3.63, 3.8) is 0 Å². The van der Waals surface area contributed by atoms with Crippen LogP contribution in [0.4, 0.5) is 5.69 Å². The molecule has 8 nitrogen and oxygen atoms in total. The lowest BCUT2D eigenvalue weighted by atomic mass is 10.1. The maximum absolute atomic E-state index is 12.8.